The number of aromatic amines is 2. The monoisotopic (exact) mass is 546 g/mol. The van der Waals surface area contributed by atoms with E-state index in [1.54, 1.807) is 0 Å². The molecule has 5 heterocycles. The number of hydrogen-bond donors (Lipinski definition) is 2. The van der Waals surface area contributed by atoms with E-state index in [0.29, 0.717) is 44.9 Å². The van der Waals surface area contributed by atoms with Crippen LogP contribution in [0.3, 0.4) is 0 Å². The van der Waals surface area contributed by atoms with Gasteiger partial charge in [0.25, 0.3) is 0 Å². The first-order chi connectivity index (χ1) is 20.5. The number of nitrogens with zero attached hydrogens (tertiary/aromatic N) is 2. The number of aryl methyl sites for hydroxylation is 2. The molecule has 2 aromatic carbocycles. The van der Waals surface area contributed by atoms with Gasteiger partial charge in [0.05, 0.1) is 44.9 Å². The number of fused-ring (bicyclic) bond motifs is 8. The van der Waals surface area contributed by atoms with Gasteiger partial charge in [-0.25, -0.2) is 9.97 Å². The molecule has 3 aromatic heterocycles. The number of carbonyl (C=O) groups is 2. The predicted octanol–water partition coefficient (Wildman–Crippen LogP) is 8.23. The zero-order chi connectivity index (χ0) is 28.8. The van der Waals surface area contributed by atoms with E-state index < -0.39 is 0 Å². The van der Waals surface area contributed by atoms with Crippen LogP contribution in [0.5, 0.6) is 0 Å². The number of carbonyl (C=O) groups excluding carboxylic acids is 2. The molecule has 2 aliphatic heterocycles. The van der Waals surface area contributed by atoms with Crippen LogP contribution in [-0.2, 0) is 0 Å². The standard InChI is InChI=1S/C36H26N4O2/c1-21-3-7-23(8-4-21)35-31-15-11-27(37-31)25(19-41)29-13-17-33(39-29)36(24-9-5-22(2)6-10-24)34-18-14-30(40-34)26(20-42)28-12-16-32(35)38-28/h3-20,37,40H,1-2H3. The van der Waals surface area contributed by atoms with E-state index in [-0.39, 0.29) is 0 Å². The lowest BCUT2D eigenvalue weighted by Crippen LogP contribution is -1.91. The average molecular weight is 547 g/mol. The molecule has 0 saturated carbocycles. The van der Waals surface area contributed by atoms with E-state index >= 15 is 0 Å². The highest BCUT2D eigenvalue weighted by Gasteiger charge is 2.17. The van der Waals surface area contributed by atoms with Crippen LogP contribution in [0.25, 0.3) is 68.6 Å². The minimum atomic E-state index is 0.464. The Morgan fingerprint density at radius 3 is 1.21 bits per heavy atom. The second kappa shape index (κ2) is 10.1. The molecule has 6 heteroatoms. The first kappa shape index (κ1) is 25.4. The molecule has 2 aliphatic rings. The summed E-state index contributed by atoms with van der Waals surface area (Å²) >= 11 is 0. The third-order valence-corrected chi connectivity index (χ3v) is 7.75. The number of nitrogens with one attached hydrogen (secondary N) is 2. The molecule has 0 spiro atoms. The molecule has 7 rings (SSSR count). The van der Waals surface area contributed by atoms with Gasteiger partial charge >= 0.3 is 0 Å². The number of rotatable bonds is 4. The van der Waals surface area contributed by atoms with Gasteiger partial charge in [0.1, 0.15) is 0 Å². The van der Waals surface area contributed by atoms with E-state index in [1.807, 2.05) is 62.4 Å². The van der Waals surface area contributed by atoms with Crippen molar-refractivity contribution < 1.29 is 9.59 Å². The van der Waals surface area contributed by atoms with Gasteiger partial charge in [0.15, 0.2) is 12.6 Å². The maximum Gasteiger partial charge on any atom is 0.154 e. The van der Waals surface area contributed by atoms with Crippen LogP contribution in [0, 0.1) is 13.8 Å². The summed E-state index contributed by atoms with van der Waals surface area (Å²) in [6.07, 6.45) is 9.28. The number of H-pyrrole nitrogens is 2. The predicted molar refractivity (Wildman–Crippen MR) is 170 cm³/mol. The van der Waals surface area contributed by atoms with Crippen molar-refractivity contribution in [3.8, 4) is 22.3 Å². The quantitative estimate of drug-likeness (QED) is 0.218. The van der Waals surface area contributed by atoms with E-state index in [1.165, 1.54) is 0 Å². The Labute approximate surface area is 242 Å². The van der Waals surface area contributed by atoms with E-state index in [4.69, 9.17) is 9.97 Å². The van der Waals surface area contributed by atoms with Crippen molar-refractivity contribution in [3.63, 3.8) is 0 Å². The van der Waals surface area contributed by atoms with Gasteiger partial charge in [0, 0.05) is 22.2 Å². The van der Waals surface area contributed by atoms with Crippen LogP contribution in [-0.4, -0.2) is 32.5 Å². The Morgan fingerprint density at radius 2 is 0.833 bits per heavy atom. The maximum atomic E-state index is 12.5. The van der Waals surface area contributed by atoms with Crippen LogP contribution < -0.4 is 0 Å². The Morgan fingerprint density at radius 1 is 0.476 bits per heavy atom. The SMILES string of the molecule is Cc1ccc(-c2c3nc(c(C=O)c4ccc([nH]4)c(-c4ccc(C)cc4)c4nc(c(C=O)c5ccc2[nH]5)C=C4)C=C3)cc1. The Hall–Kier alpha value is -5.62. The fraction of sp³-hybridized carbons (Fsp3) is 0.0556. The minimum Gasteiger partial charge on any atom is -0.354 e. The highest BCUT2D eigenvalue weighted by atomic mass is 16.1. The van der Waals surface area contributed by atoms with Gasteiger partial charge in [-0.05, 0) is 73.5 Å². The third kappa shape index (κ3) is 4.30. The third-order valence-electron chi connectivity index (χ3n) is 7.75. The summed E-state index contributed by atoms with van der Waals surface area (Å²) in [5, 5.41) is 0. The molecule has 5 aromatic rings. The molecule has 0 atom stereocenters. The van der Waals surface area contributed by atoms with Gasteiger partial charge in [-0.2, -0.15) is 0 Å². The van der Waals surface area contributed by atoms with Crippen molar-refractivity contribution in [2.24, 2.45) is 0 Å². The molecule has 42 heavy (non-hydrogen) atoms. The van der Waals surface area contributed by atoms with Gasteiger partial charge in [0.2, 0.25) is 0 Å². The topological polar surface area (TPSA) is 91.5 Å². The van der Waals surface area contributed by atoms with Crippen molar-refractivity contribution in [1.82, 2.24) is 19.9 Å². The normalized spacial score (nSPS) is 12.0. The van der Waals surface area contributed by atoms with Crippen molar-refractivity contribution in [2.75, 3.05) is 0 Å². The van der Waals surface area contributed by atoms with E-state index in [0.717, 1.165) is 57.0 Å². The second-order valence-electron chi connectivity index (χ2n) is 10.5. The molecule has 202 valence electrons. The molecule has 0 aliphatic carbocycles. The molecule has 0 unspecified atom stereocenters. The fourth-order valence-corrected chi connectivity index (χ4v) is 5.55. The lowest BCUT2D eigenvalue weighted by Gasteiger charge is -2.05. The molecule has 0 amide bonds. The summed E-state index contributed by atoms with van der Waals surface area (Å²) in [6, 6.07) is 24.1. The van der Waals surface area contributed by atoms with Gasteiger partial charge in [-0.1, -0.05) is 59.7 Å². The first-order valence-corrected chi connectivity index (χ1v) is 13.7. The molecule has 0 saturated heterocycles. The highest BCUT2D eigenvalue weighted by Crippen LogP contribution is 2.34. The van der Waals surface area contributed by atoms with Crippen molar-refractivity contribution >= 4 is 58.9 Å². The molecular weight excluding hydrogens is 520 g/mol. The summed E-state index contributed by atoms with van der Waals surface area (Å²) in [6.45, 7) is 4.09. The maximum absolute atomic E-state index is 12.5. The Kier molecular flexibility index (Phi) is 6.09. The zero-order valence-electron chi connectivity index (χ0n) is 23.1. The summed E-state index contributed by atoms with van der Waals surface area (Å²) in [5.74, 6) is 0. The average Bonchev–Trinajstić information content (AvgIpc) is 3.82. The lowest BCUT2D eigenvalue weighted by atomic mass is 10.0. The molecule has 0 fully saturated rings. The summed E-state index contributed by atoms with van der Waals surface area (Å²) in [4.78, 5) is 41.8. The number of aldehydes is 2. The minimum absolute atomic E-state index is 0.464. The summed E-state index contributed by atoms with van der Waals surface area (Å²) < 4.78 is 0. The largest absolute Gasteiger partial charge is 0.354 e. The van der Waals surface area contributed by atoms with Crippen LogP contribution >= 0.6 is 0 Å². The highest BCUT2D eigenvalue weighted by molar-refractivity contribution is 6.00. The second-order valence-corrected chi connectivity index (χ2v) is 10.5. The van der Waals surface area contributed by atoms with Crippen molar-refractivity contribution in [2.45, 2.75) is 13.8 Å². The molecule has 6 nitrogen and oxygen atoms in total. The van der Waals surface area contributed by atoms with Gasteiger partial charge < -0.3 is 9.97 Å². The fourth-order valence-electron chi connectivity index (χ4n) is 5.55. The van der Waals surface area contributed by atoms with Gasteiger partial charge in [-0.15, -0.1) is 0 Å². The smallest absolute Gasteiger partial charge is 0.154 e. The molecular formula is C36H26N4O2. The van der Waals surface area contributed by atoms with Gasteiger partial charge in [-0.3, -0.25) is 9.59 Å². The zero-order valence-corrected chi connectivity index (χ0v) is 23.1. The van der Waals surface area contributed by atoms with Crippen LogP contribution in [0.4, 0.5) is 0 Å². The molecule has 8 bridgehead atoms. The van der Waals surface area contributed by atoms with Crippen LogP contribution in [0.1, 0.15) is 54.6 Å². The van der Waals surface area contributed by atoms with Crippen LogP contribution in [0.15, 0.2) is 72.8 Å². The molecule has 0 radical (unpaired) electrons. The van der Waals surface area contributed by atoms with Crippen molar-refractivity contribution in [1.29, 1.82) is 0 Å². The Bertz CT molecular complexity index is 1970. The lowest BCUT2D eigenvalue weighted by molar-refractivity contribution is 0.111. The first-order valence-electron chi connectivity index (χ1n) is 13.7. The van der Waals surface area contributed by atoms with E-state index in [9.17, 15) is 9.59 Å². The number of hydrogen-bond acceptors (Lipinski definition) is 4. The van der Waals surface area contributed by atoms with E-state index in [2.05, 4.69) is 58.5 Å². The van der Waals surface area contributed by atoms with Crippen molar-refractivity contribution in [3.05, 3.63) is 118 Å². The number of aromatic nitrogens is 4. The van der Waals surface area contributed by atoms with Crippen LogP contribution in [0.2, 0.25) is 0 Å². The summed E-state index contributed by atoms with van der Waals surface area (Å²) in [7, 11) is 0. The molecule has 2 N–H and O–H groups in total. The Balaban J connectivity index is 1.65. The number of benzene rings is 2. The summed E-state index contributed by atoms with van der Waals surface area (Å²) in [5.41, 5.74) is 12.4.